The maximum atomic E-state index is 13.4. The molecule has 0 atom stereocenters. The molecule has 5 nitrogen and oxygen atoms in total. The fourth-order valence-electron chi connectivity index (χ4n) is 2.58. The molecule has 0 spiro atoms. The van der Waals surface area contributed by atoms with Gasteiger partial charge in [-0.25, -0.2) is 4.39 Å². The Labute approximate surface area is 122 Å². The lowest BCUT2D eigenvalue weighted by molar-refractivity contribution is -0.139. The molecule has 1 heterocycles. The largest absolute Gasteiger partial charge is 0.481 e. The number of amides is 1. The lowest BCUT2D eigenvalue weighted by Crippen LogP contribution is -2.53. The summed E-state index contributed by atoms with van der Waals surface area (Å²) in [4.78, 5) is 23.3. The van der Waals surface area contributed by atoms with Crippen molar-refractivity contribution in [3.63, 3.8) is 0 Å². The summed E-state index contributed by atoms with van der Waals surface area (Å²) in [6.07, 6.45) is 0.690. The normalized spacial score (nSPS) is 17.2. The number of benzene rings is 1. The Hall–Kier alpha value is -1.95. The predicted octanol–water partition coefficient (Wildman–Crippen LogP) is 1.89. The second kappa shape index (κ2) is 6.22. The van der Waals surface area contributed by atoms with Crippen LogP contribution in [-0.4, -0.2) is 35.7 Å². The van der Waals surface area contributed by atoms with Crippen molar-refractivity contribution in [1.29, 1.82) is 0 Å². The van der Waals surface area contributed by atoms with E-state index in [1.165, 1.54) is 6.07 Å². The molecule has 1 aromatic rings. The Kier molecular flexibility index (Phi) is 4.57. The molecule has 21 heavy (non-hydrogen) atoms. The van der Waals surface area contributed by atoms with Crippen molar-refractivity contribution in [3.8, 4) is 0 Å². The van der Waals surface area contributed by atoms with E-state index in [1.54, 1.807) is 13.0 Å². The molecule has 1 fully saturated rings. The molecule has 1 amide bonds. The number of nitrogens with one attached hydrogen (secondary N) is 1. The topological polar surface area (TPSA) is 75.6 Å². The van der Waals surface area contributed by atoms with Crippen molar-refractivity contribution in [1.82, 2.24) is 5.32 Å². The first-order valence-corrected chi connectivity index (χ1v) is 6.79. The summed E-state index contributed by atoms with van der Waals surface area (Å²) in [5.74, 6) is -1.92. The molecular weight excluding hydrogens is 277 g/mol. The summed E-state index contributed by atoms with van der Waals surface area (Å²) >= 11 is 0. The van der Waals surface area contributed by atoms with Crippen molar-refractivity contribution in [2.75, 3.05) is 13.2 Å². The summed E-state index contributed by atoms with van der Waals surface area (Å²) in [6, 6.07) is 4.06. The average Bonchev–Trinajstić information content (AvgIpc) is 2.37. The molecule has 1 saturated heterocycles. The van der Waals surface area contributed by atoms with Crippen LogP contribution in [0, 0.1) is 12.7 Å². The molecule has 0 aromatic heterocycles. The number of halogens is 1. The minimum Gasteiger partial charge on any atom is -0.481 e. The van der Waals surface area contributed by atoms with Gasteiger partial charge in [-0.15, -0.1) is 0 Å². The van der Waals surface area contributed by atoms with Crippen molar-refractivity contribution >= 4 is 11.9 Å². The van der Waals surface area contributed by atoms with Crippen LogP contribution in [0.5, 0.6) is 0 Å². The van der Waals surface area contributed by atoms with Crippen LogP contribution in [0.3, 0.4) is 0 Å². The van der Waals surface area contributed by atoms with Crippen LogP contribution in [0.2, 0.25) is 0 Å². The zero-order valence-corrected chi connectivity index (χ0v) is 11.8. The maximum Gasteiger partial charge on any atom is 0.305 e. The highest BCUT2D eigenvalue weighted by Gasteiger charge is 2.36. The van der Waals surface area contributed by atoms with Crippen molar-refractivity contribution in [2.24, 2.45) is 0 Å². The number of carbonyl (C=O) groups is 2. The standard InChI is InChI=1S/C15H18FNO4/c1-10-6-11(8-12(16)7-10)14(20)17-15(9-13(18)19)2-4-21-5-3-15/h6-8H,2-5,9H2,1H3,(H,17,20)(H,18,19). The molecule has 0 saturated carbocycles. The van der Waals surface area contributed by atoms with E-state index in [-0.39, 0.29) is 12.0 Å². The summed E-state index contributed by atoms with van der Waals surface area (Å²) in [5.41, 5.74) is 0.00431. The fraction of sp³-hybridized carbons (Fsp3) is 0.467. The van der Waals surface area contributed by atoms with Gasteiger partial charge in [0.25, 0.3) is 5.91 Å². The van der Waals surface area contributed by atoms with E-state index in [0.717, 1.165) is 6.07 Å². The van der Waals surface area contributed by atoms with Crippen LogP contribution < -0.4 is 5.32 Å². The Morgan fingerprint density at radius 2 is 2.00 bits per heavy atom. The van der Waals surface area contributed by atoms with Gasteiger partial charge in [0.2, 0.25) is 0 Å². The van der Waals surface area contributed by atoms with Crippen LogP contribution in [0.25, 0.3) is 0 Å². The first-order chi connectivity index (χ1) is 9.90. The molecule has 2 rings (SSSR count). The van der Waals surface area contributed by atoms with Crippen LogP contribution in [0.15, 0.2) is 18.2 Å². The highest BCUT2D eigenvalue weighted by molar-refractivity contribution is 5.95. The Morgan fingerprint density at radius 1 is 1.33 bits per heavy atom. The van der Waals surface area contributed by atoms with E-state index in [0.29, 0.717) is 31.6 Å². The highest BCUT2D eigenvalue weighted by atomic mass is 19.1. The molecule has 114 valence electrons. The van der Waals surface area contributed by atoms with E-state index in [9.17, 15) is 14.0 Å². The molecule has 0 bridgehead atoms. The minimum atomic E-state index is -0.979. The number of aryl methyl sites for hydroxylation is 1. The summed E-state index contributed by atoms with van der Waals surface area (Å²) in [7, 11) is 0. The highest BCUT2D eigenvalue weighted by Crippen LogP contribution is 2.25. The van der Waals surface area contributed by atoms with Crippen molar-refractivity contribution < 1.29 is 23.8 Å². The molecule has 6 heteroatoms. The summed E-state index contributed by atoms with van der Waals surface area (Å²) < 4.78 is 18.6. The van der Waals surface area contributed by atoms with E-state index < -0.39 is 23.2 Å². The van der Waals surface area contributed by atoms with Gasteiger partial charge in [-0.3, -0.25) is 9.59 Å². The lowest BCUT2D eigenvalue weighted by atomic mass is 9.86. The number of ether oxygens (including phenoxy) is 1. The van der Waals surface area contributed by atoms with Crippen LogP contribution in [-0.2, 0) is 9.53 Å². The van der Waals surface area contributed by atoms with Gasteiger partial charge in [0.05, 0.1) is 12.0 Å². The number of carboxylic acid groups (broad SMARTS) is 1. The second-order valence-electron chi connectivity index (χ2n) is 5.43. The van der Waals surface area contributed by atoms with E-state index >= 15 is 0 Å². The van der Waals surface area contributed by atoms with Gasteiger partial charge in [-0.2, -0.15) is 0 Å². The second-order valence-corrected chi connectivity index (χ2v) is 5.43. The minimum absolute atomic E-state index is 0.170. The molecule has 1 aliphatic rings. The Bertz CT molecular complexity index is 532. The SMILES string of the molecule is Cc1cc(F)cc(C(=O)NC2(CC(=O)O)CCOCC2)c1. The van der Waals surface area contributed by atoms with Gasteiger partial charge >= 0.3 is 5.97 Å². The molecule has 0 radical (unpaired) electrons. The maximum absolute atomic E-state index is 13.4. The van der Waals surface area contributed by atoms with Crippen LogP contribution >= 0.6 is 0 Å². The lowest BCUT2D eigenvalue weighted by Gasteiger charge is -2.36. The van der Waals surface area contributed by atoms with Gasteiger partial charge in [0.15, 0.2) is 0 Å². The number of rotatable bonds is 4. The smallest absolute Gasteiger partial charge is 0.305 e. The number of hydrogen-bond acceptors (Lipinski definition) is 3. The van der Waals surface area contributed by atoms with Gasteiger partial charge in [0, 0.05) is 18.8 Å². The summed E-state index contributed by atoms with van der Waals surface area (Å²) in [6.45, 7) is 2.49. The van der Waals surface area contributed by atoms with E-state index in [2.05, 4.69) is 5.32 Å². The number of carboxylic acids is 1. The first kappa shape index (κ1) is 15.4. The van der Waals surface area contributed by atoms with Gasteiger partial charge in [-0.1, -0.05) is 0 Å². The third-order valence-corrected chi connectivity index (χ3v) is 3.62. The zero-order valence-electron chi connectivity index (χ0n) is 11.8. The third kappa shape index (κ3) is 4.01. The number of carbonyl (C=O) groups excluding carboxylic acids is 1. The van der Waals surface area contributed by atoms with E-state index in [4.69, 9.17) is 9.84 Å². The predicted molar refractivity (Wildman–Crippen MR) is 73.6 cm³/mol. The average molecular weight is 295 g/mol. The summed E-state index contributed by atoms with van der Waals surface area (Å²) in [5, 5.41) is 11.8. The Balaban J connectivity index is 2.19. The van der Waals surface area contributed by atoms with Crippen LogP contribution in [0.1, 0.15) is 35.2 Å². The molecule has 0 unspecified atom stereocenters. The molecule has 1 aromatic carbocycles. The van der Waals surface area contributed by atoms with Crippen molar-refractivity contribution in [2.45, 2.75) is 31.7 Å². The fourth-order valence-corrected chi connectivity index (χ4v) is 2.58. The van der Waals surface area contributed by atoms with Gasteiger partial charge in [-0.05, 0) is 43.5 Å². The molecular formula is C15H18FNO4. The number of hydrogen-bond donors (Lipinski definition) is 2. The molecule has 1 aliphatic heterocycles. The van der Waals surface area contributed by atoms with Gasteiger partial charge < -0.3 is 15.2 Å². The van der Waals surface area contributed by atoms with Crippen LogP contribution in [0.4, 0.5) is 4.39 Å². The van der Waals surface area contributed by atoms with E-state index in [1.807, 2.05) is 0 Å². The monoisotopic (exact) mass is 295 g/mol. The Morgan fingerprint density at radius 3 is 2.57 bits per heavy atom. The van der Waals surface area contributed by atoms with Crippen molar-refractivity contribution in [3.05, 3.63) is 35.1 Å². The number of aliphatic carboxylic acids is 1. The third-order valence-electron chi connectivity index (χ3n) is 3.62. The first-order valence-electron chi connectivity index (χ1n) is 6.79. The zero-order chi connectivity index (χ0) is 15.5. The quantitative estimate of drug-likeness (QED) is 0.889. The molecule has 2 N–H and O–H groups in total. The van der Waals surface area contributed by atoms with Gasteiger partial charge in [0.1, 0.15) is 5.82 Å². The molecule has 0 aliphatic carbocycles.